The highest BCUT2D eigenvalue weighted by molar-refractivity contribution is 6.58. The van der Waals surface area contributed by atoms with E-state index >= 15 is 0 Å². The van der Waals surface area contributed by atoms with Crippen molar-refractivity contribution in [1.82, 2.24) is 0 Å². The summed E-state index contributed by atoms with van der Waals surface area (Å²) in [4.78, 5) is 0. The van der Waals surface area contributed by atoms with Gasteiger partial charge in [0.25, 0.3) is 0 Å². The monoisotopic (exact) mass is 205 g/mol. The Labute approximate surface area is 79.4 Å². The number of benzene rings is 1. The molecule has 1 aromatic carbocycles. The van der Waals surface area contributed by atoms with Crippen LogP contribution in [-0.4, -0.2) is 18.6 Å². The van der Waals surface area contributed by atoms with Gasteiger partial charge in [0, 0.05) is 5.56 Å². The zero-order valence-electron chi connectivity index (χ0n) is 7.29. The lowest BCUT2D eigenvalue weighted by molar-refractivity contribution is 0.264. The minimum atomic E-state index is -4.95. The van der Waals surface area contributed by atoms with Crippen molar-refractivity contribution in [3.05, 3.63) is 29.8 Å². The molecule has 2 nitrogen and oxygen atoms in total. The second kappa shape index (κ2) is 4.37. The first-order chi connectivity index (χ1) is 6.53. The van der Waals surface area contributed by atoms with E-state index in [0.29, 0.717) is 5.56 Å². The predicted molar refractivity (Wildman–Crippen MR) is 46.9 cm³/mol. The Kier molecular flexibility index (Phi) is 3.40. The molecule has 0 saturated heterocycles. The van der Waals surface area contributed by atoms with Gasteiger partial charge in [-0.2, -0.15) is 0 Å². The Bertz CT molecular complexity index is 301. The van der Waals surface area contributed by atoms with Crippen LogP contribution in [0.5, 0.6) is 5.75 Å². The van der Waals surface area contributed by atoms with E-state index in [4.69, 9.17) is 5.11 Å². The third-order valence-corrected chi connectivity index (χ3v) is 1.57. The predicted octanol–water partition coefficient (Wildman–Crippen LogP) is 1.94. The van der Waals surface area contributed by atoms with Crippen LogP contribution in [0.4, 0.5) is 12.9 Å². The molecular formula is C8H9BF3O2-. The molecule has 0 spiro atoms. The fourth-order valence-electron chi connectivity index (χ4n) is 0.960. The lowest BCUT2D eigenvalue weighted by atomic mass is 9.95. The summed E-state index contributed by atoms with van der Waals surface area (Å²) in [5.74, 6) is 0.0780. The Morgan fingerprint density at radius 3 is 2.43 bits per heavy atom. The third-order valence-electron chi connectivity index (χ3n) is 1.57. The molecule has 6 heteroatoms. The molecule has 0 aliphatic rings. The summed E-state index contributed by atoms with van der Waals surface area (Å²) in [5, 5.41) is 8.79. The molecule has 0 atom stereocenters. The summed E-state index contributed by atoms with van der Waals surface area (Å²) in [5.41, 5.74) is 0.354. The first-order valence-electron chi connectivity index (χ1n) is 4.05. The molecule has 0 bridgehead atoms. The van der Waals surface area contributed by atoms with Crippen LogP contribution < -0.4 is 4.74 Å². The number of ether oxygens (including phenoxy) is 1. The molecule has 0 heterocycles. The molecular weight excluding hydrogens is 196 g/mol. The van der Waals surface area contributed by atoms with E-state index in [2.05, 4.69) is 4.74 Å². The number of hydrogen-bond acceptors (Lipinski definition) is 2. The number of aliphatic hydroxyl groups is 1. The number of hydrogen-bond donors (Lipinski definition) is 1. The van der Waals surface area contributed by atoms with E-state index in [1.165, 1.54) is 12.1 Å². The molecule has 14 heavy (non-hydrogen) atoms. The van der Waals surface area contributed by atoms with Crippen molar-refractivity contribution < 1.29 is 22.8 Å². The van der Waals surface area contributed by atoms with Crippen LogP contribution in [0.15, 0.2) is 24.3 Å². The SMILES string of the molecule is OCc1ccccc1OC[B-](F)(F)F. The Morgan fingerprint density at radius 2 is 1.86 bits per heavy atom. The summed E-state index contributed by atoms with van der Waals surface area (Å²) < 4.78 is 40.1. The summed E-state index contributed by atoms with van der Waals surface area (Å²) in [7, 11) is 0. The number of aliphatic hydroxyl groups excluding tert-OH is 1. The van der Waals surface area contributed by atoms with E-state index in [0.717, 1.165) is 0 Å². The lowest BCUT2D eigenvalue weighted by Gasteiger charge is -2.16. The normalized spacial score (nSPS) is 11.4. The van der Waals surface area contributed by atoms with Crippen LogP contribution in [0.3, 0.4) is 0 Å². The van der Waals surface area contributed by atoms with Gasteiger partial charge in [-0.3, -0.25) is 0 Å². The summed E-state index contributed by atoms with van der Waals surface area (Å²) in [6, 6.07) is 6.08. The van der Waals surface area contributed by atoms with Crippen LogP contribution in [0.2, 0.25) is 0 Å². The molecule has 0 fully saturated rings. The molecule has 0 unspecified atom stereocenters. The molecule has 1 aromatic rings. The molecule has 0 amide bonds. The quantitative estimate of drug-likeness (QED) is 0.761. The maximum Gasteiger partial charge on any atom is 0.515 e. The summed E-state index contributed by atoms with van der Waals surface area (Å²) >= 11 is 0. The second-order valence-electron chi connectivity index (χ2n) is 2.79. The maximum atomic E-state index is 11.9. The van der Waals surface area contributed by atoms with Gasteiger partial charge in [-0.15, -0.1) is 0 Å². The van der Waals surface area contributed by atoms with Gasteiger partial charge in [-0.1, -0.05) is 18.2 Å². The first kappa shape index (κ1) is 10.9. The Balaban J connectivity index is 2.67. The Hall–Kier alpha value is -1.17. The highest BCUT2D eigenvalue weighted by atomic mass is 19.4. The minimum absolute atomic E-state index is 0.0780. The zero-order valence-corrected chi connectivity index (χ0v) is 7.29. The number of rotatable bonds is 4. The Morgan fingerprint density at radius 1 is 1.21 bits per heavy atom. The average Bonchev–Trinajstić information content (AvgIpc) is 2.14. The molecule has 78 valence electrons. The summed E-state index contributed by atoms with van der Waals surface area (Å²) in [6.07, 6.45) is 0. The topological polar surface area (TPSA) is 29.5 Å². The highest BCUT2D eigenvalue weighted by Gasteiger charge is 2.24. The molecule has 0 radical (unpaired) electrons. The van der Waals surface area contributed by atoms with Crippen molar-refractivity contribution in [3.63, 3.8) is 0 Å². The van der Waals surface area contributed by atoms with Gasteiger partial charge in [0.15, 0.2) is 0 Å². The van der Waals surface area contributed by atoms with Crippen molar-refractivity contribution in [1.29, 1.82) is 0 Å². The van der Waals surface area contributed by atoms with Gasteiger partial charge >= 0.3 is 6.98 Å². The van der Waals surface area contributed by atoms with E-state index in [1.807, 2.05) is 0 Å². The van der Waals surface area contributed by atoms with Crippen LogP contribution in [0, 0.1) is 0 Å². The molecule has 1 N–H and O–H groups in total. The minimum Gasteiger partial charge on any atom is -0.521 e. The van der Waals surface area contributed by atoms with E-state index < -0.39 is 13.5 Å². The van der Waals surface area contributed by atoms with E-state index in [1.54, 1.807) is 12.1 Å². The van der Waals surface area contributed by atoms with Gasteiger partial charge in [-0.05, 0) is 6.07 Å². The fourth-order valence-corrected chi connectivity index (χ4v) is 0.960. The fraction of sp³-hybridized carbons (Fsp3) is 0.250. The summed E-state index contributed by atoms with van der Waals surface area (Å²) in [6.45, 7) is -6.57. The van der Waals surface area contributed by atoms with Crippen molar-refractivity contribution in [3.8, 4) is 5.75 Å². The van der Waals surface area contributed by atoms with Gasteiger partial charge < -0.3 is 22.8 Å². The average molecular weight is 205 g/mol. The first-order valence-corrected chi connectivity index (χ1v) is 4.05. The molecule has 0 saturated carbocycles. The van der Waals surface area contributed by atoms with E-state index in [9.17, 15) is 12.9 Å². The standard InChI is InChI=1S/C8H9BF3O2/c10-9(11,12)6-14-8-4-2-1-3-7(8)5-13/h1-4,13H,5-6H2/q-1. The van der Waals surface area contributed by atoms with Gasteiger partial charge in [0.05, 0.1) is 13.1 Å². The third kappa shape index (κ3) is 3.29. The largest absolute Gasteiger partial charge is 0.521 e. The smallest absolute Gasteiger partial charge is 0.515 e. The van der Waals surface area contributed by atoms with Crippen molar-refractivity contribution in [2.24, 2.45) is 0 Å². The highest BCUT2D eigenvalue weighted by Crippen LogP contribution is 2.19. The molecule has 1 rings (SSSR count). The molecule has 0 aliphatic carbocycles. The zero-order chi connectivity index (χ0) is 10.6. The maximum absolute atomic E-state index is 11.9. The number of halogens is 3. The van der Waals surface area contributed by atoms with Crippen LogP contribution in [0.1, 0.15) is 5.56 Å². The molecule has 0 aromatic heterocycles. The van der Waals surface area contributed by atoms with Crippen LogP contribution in [-0.2, 0) is 6.61 Å². The second-order valence-corrected chi connectivity index (χ2v) is 2.79. The molecule has 0 aliphatic heterocycles. The number of para-hydroxylation sites is 1. The van der Waals surface area contributed by atoms with Crippen molar-refractivity contribution >= 4 is 6.98 Å². The van der Waals surface area contributed by atoms with Crippen LogP contribution >= 0.6 is 0 Å². The van der Waals surface area contributed by atoms with Gasteiger partial charge in [0.2, 0.25) is 0 Å². The lowest BCUT2D eigenvalue weighted by Crippen LogP contribution is -2.26. The van der Waals surface area contributed by atoms with Gasteiger partial charge in [-0.25, -0.2) is 0 Å². The van der Waals surface area contributed by atoms with Crippen LogP contribution in [0.25, 0.3) is 0 Å². The van der Waals surface area contributed by atoms with Gasteiger partial charge in [0.1, 0.15) is 5.75 Å². The van der Waals surface area contributed by atoms with E-state index in [-0.39, 0.29) is 12.4 Å². The van der Waals surface area contributed by atoms with Crippen molar-refractivity contribution in [2.75, 3.05) is 6.51 Å². The van der Waals surface area contributed by atoms with Crippen molar-refractivity contribution in [2.45, 2.75) is 6.61 Å².